The van der Waals surface area contributed by atoms with Crippen LogP contribution in [-0.4, -0.2) is 31.0 Å². The minimum Gasteiger partial charge on any atom is -0.464 e. The number of nitrogens with zero attached hydrogens (tertiary/aromatic N) is 1. The maximum atomic E-state index is 12.7. The van der Waals surface area contributed by atoms with Crippen LogP contribution in [0.1, 0.15) is 5.56 Å². The number of carboxylic acid groups (broad SMARTS) is 1. The second-order valence-corrected chi connectivity index (χ2v) is 7.80. The maximum Gasteiger partial charge on any atom is 0.421 e. The molecule has 26 heavy (non-hydrogen) atoms. The summed E-state index contributed by atoms with van der Waals surface area (Å²) >= 11 is 3.06. The molecule has 2 aromatic rings. The molecule has 0 heterocycles. The molecule has 1 amide bonds. The van der Waals surface area contributed by atoms with E-state index >= 15 is 0 Å². The number of hydrogen-bond donors (Lipinski definition) is 1. The number of ether oxygens (including phenoxy) is 1. The zero-order valence-corrected chi connectivity index (χ0v) is 15.4. The van der Waals surface area contributed by atoms with Crippen molar-refractivity contribution >= 4 is 32.0 Å². The lowest BCUT2D eigenvalue weighted by molar-refractivity contribution is -0.137. The van der Waals surface area contributed by atoms with E-state index in [-0.39, 0.29) is 25.2 Å². The van der Waals surface area contributed by atoms with Crippen LogP contribution in [0.5, 0.6) is 11.5 Å². The van der Waals surface area contributed by atoms with Gasteiger partial charge in [-0.25, -0.2) is 17.5 Å². The number of sulfonamides is 1. The van der Waals surface area contributed by atoms with Crippen LogP contribution in [0.4, 0.5) is 18.0 Å². The van der Waals surface area contributed by atoms with Crippen LogP contribution >= 0.6 is 15.9 Å². The van der Waals surface area contributed by atoms with Crippen molar-refractivity contribution in [2.75, 3.05) is 7.05 Å². The number of benzene rings is 2. The molecule has 2 rings (SSSR count). The molecule has 0 radical (unpaired) electrons. The van der Waals surface area contributed by atoms with Crippen LogP contribution in [-0.2, 0) is 16.2 Å². The first-order valence-electron chi connectivity index (χ1n) is 6.79. The highest BCUT2D eigenvalue weighted by Gasteiger charge is 2.31. The van der Waals surface area contributed by atoms with Crippen molar-refractivity contribution in [3.05, 3.63) is 52.5 Å². The molecule has 140 valence electrons. The van der Waals surface area contributed by atoms with E-state index in [1.54, 1.807) is 0 Å². The van der Waals surface area contributed by atoms with Crippen molar-refractivity contribution in [3.8, 4) is 11.5 Å². The molecule has 11 heteroatoms. The van der Waals surface area contributed by atoms with Gasteiger partial charge in [0.1, 0.15) is 11.5 Å². The Balaban J connectivity index is 2.33. The van der Waals surface area contributed by atoms with E-state index < -0.39 is 27.9 Å². The molecule has 0 aliphatic rings. The molecule has 6 nitrogen and oxygen atoms in total. The Morgan fingerprint density at radius 3 is 2.38 bits per heavy atom. The summed E-state index contributed by atoms with van der Waals surface area (Å²) < 4.78 is 68.0. The Morgan fingerprint density at radius 1 is 1.19 bits per heavy atom. The van der Waals surface area contributed by atoms with Crippen molar-refractivity contribution in [2.45, 2.75) is 11.1 Å². The molecule has 0 saturated heterocycles. The molecule has 0 spiro atoms. The monoisotopic (exact) mass is 453 g/mol. The van der Waals surface area contributed by atoms with E-state index in [0.717, 1.165) is 31.3 Å². The van der Waals surface area contributed by atoms with Crippen molar-refractivity contribution in [1.29, 1.82) is 0 Å². The van der Waals surface area contributed by atoms with Gasteiger partial charge in [0, 0.05) is 7.05 Å². The quantitative estimate of drug-likeness (QED) is 0.733. The predicted octanol–water partition coefficient (Wildman–Crippen LogP) is 4.56. The highest BCUT2D eigenvalue weighted by molar-refractivity contribution is 9.10. The number of halogens is 4. The fourth-order valence-corrected chi connectivity index (χ4v) is 3.49. The van der Waals surface area contributed by atoms with E-state index in [1.807, 2.05) is 0 Å². The van der Waals surface area contributed by atoms with Crippen LogP contribution in [0, 0.1) is 0 Å². The minimum absolute atomic E-state index is 0.0567. The molecule has 0 bridgehead atoms. The van der Waals surface area contributed by atoms with Gasteiger partial charge in [0.15, 0.2) is 0 Å². The summed E-state index contributed by atoms with van der Waals surface area (Å²) in [5.74, 6) is -0.0416. The highest BCUT2D eigenvalue weighted by atomic mass is 79.9. The molecular formula is C15H11BrF3NO5S. The van der Waals surface area contributed by atoms with Gasteiger partial charge in [0.05, 0.1) is 14.9 Å². The lowest BCUT2D eigenvalue weighted by Gasteiger charge is -2.15. The van der Waals surface area contributed by atoms with Crippen LogP contribution in [0.2, 0.25) is 0 Å². The number of hydrogen-bond acceptors (Lipinski definition) is 4. The number of alkyl halides is 3. The molecule has 0 unspecified atom stereocenters. The average molecular weight is 454 g/mol. The topological polar surface area (TPSA) is 83.9 Å². The Labute approximate surface area is 155 Å². The highest BCUT2D eigenvalue weighted by Crippen LogP contribution is 2.35. The van der Waals surface area contributed by atoms with Crippen molar-refractivity contribution in [2.24, 2.45) is 0 Å². The van der Waals surface area contributed by atoms with E-state index in [1.165, 1.54) is 18.2 Å². The number of amides is 1. The van der Waals surface area contributed by atoms with E-state index in [9.17, 15) is 26.4 Å². The van der Waals surface area contributed by atoms with Gasteiger partial charge in [0.25, 0.3) is 10.0 Å². The molecule has 2 aromatic carbocycles. The summed E-state index contributed by atoms with van der Waals surface area (Å²) in [7, 11) is -3.40. The first-order valence-corrected chi connectivity index (χ1v) is 9.03. The van der Waals surface area contributed by atoms with Crippen LogP contribution in [0.15, 0.2) is 51.8 Å². The third kappa shape index (κ3) is 4.28. The van der Waals surface area contributed by atoms with Gasteiger partial charge in [-0.1, -0.05) is 6.07 Å². The predicted molar refractivity (Wildman–Crippen MR) is 88.6 cm³/mol. The zero-order valence-electron chi connectivity index (χ0n) is 13.0. The van der Waals surface area contributed by atoms with E-state index in [2.05, 4.69) is 15.9 Å². The third-order valence-corrected chi connectivity index (χ3v) is 5.57. The van der Waals surface area contributed by atoms with Crippen molar-refractivity contribution < 1.29 is 36.2 Å². The molecule has 0 aliphatic heterocycles. The maximum absolute atomic E-state index is 12.7. The van der Waals surface area contributed by atoms with E-state index in [4.69, 9.17) is 9.84 Å². The van der Waals surface area contributed by atoms with Crippen molar-refractivity contribution in [3.63, 3.8) is 0 Å². The van der Waals surface area contributed by atoms with Gasteiger partial charge < -0.3 is 9.84 Å². The lowest BCUT2D eigenvalue weighted by Crippen LogP contribution is -2.31. The molecule has 0 fully saturated rings. The molecule has 0 saturated carbocycles. The zero-order chi connectivity index (χ0) is 19.7. The summed E-state index contributed by atoms with van der Waals surface area (Å²) in [5, 5.41) is 8.81. The van der Waals surface area contributed by atoms with Gasteiger partial charge in [-0.3, -0.25) is 0 Å². The Bertz CT molecular complexity index is 947. The Kier molecular flexibility index (Phi) is 5.52. The largest absolute Gasteiger partial charge is 0.464 e. The summed E-state index contributed by atoms with van der Waals surface area (Å²) in [6, 6.07) is 7.55. The number of carbonyl (C=O) groups is 1. The van der Waals surface area contributed by atoms with Crippen LogP contribution < -0.4 is 4.74 Å². The molecule has 1 N–H and O–H groups in total. The third-order valence-electron chi connectivity index (χ3n) is 3.22. The van der Waals surface area contributed by atoms with Crippen molar-refractivity contribution in [1.82, 2.24) is 4.31 Å². The lowest BCUT2D eigenvalue weighted by atomic mass is 10.2. The average Bonchev–Trinajstić information content (AvgIpc) is 2.55. The second-order valence-electron chi connectivity index (χ2n) is 4.97. The Morgan fingerprint density at radius 2 is 1.85 bits per heavy atom. The molecular weight excluding hydrogens is 443 g/mol. The fraction of sp³-hybridized carbons (Fsp3) is 0.133. The first-order chi connectivity index (χ1) is 11.9. The van der Waals surface area contributed by atoms with Gasteiger partial charge in [0.2, 0.25) is 0 Å². The standard InChI is InChI=1S/C15H11BrF3NO5S/c1-20(14(21)22)26(23,24)11-5-6-13(12(16)8-11)25-10-4-2-3-9(7-10)15(17,18)19/h2-8H,1H3,(H,21,22). The number of rotatable bonds is 4. The second kappa shape index (κ2) is 7.16. The first kappa shape index (κ1) is 20.0. The molecule has 0 aromatic heterocycles. The molecule has 0 aliphatic carbocycles. The summed E-state index contributed by atoms with van der Waals surface area (Å²) in [6.45, 7) is 0. The smallest absolute Gasteiger partial charge is 0.421 e. The van der Waals surface area contributed by atoms with Crippen LogP contribution in [0.25, 0.3) is 0 Å². The van der Waals surface area contributed by atoms with Gasteiger partial charge >= 0.3 is 12.3 Å². The van der Waals surface area contributed by atoms with Gasteiger partial charge in [-0.05, 0) is 52.3 Å². The van der Waals surface area contributed by atoms with Crippen LogP contribution in [0.3, 0.4) is 0 Å². The van der Waals surface area contributed by atoms with Gasteiger partial charge in [-0.2, -0.15) is 13.2 Å². The van der Waals surface area contributed by atoms with Gasteiger partial charge in [-0.15, -0.1) is 0 Å². The fourth-order valence-electron chi connectivity index (χ4n) is 1.85. The summed E-state index contributed by atoms with van der Waals surface area (Å²) in [5.41, 5.74) is -0.895. The summed E-state index contributed by atoms with van der Waals surface area (Å²) in [4.78, 5) is 10.5. The minimum atomic E-state index is -4.53. The molecule has 0 atom stereocenters. The Hall–Kier alpha value is -2.27. The normalized spacial score (nSPS) is 11.9. The SMILES string of the molecule is CN(C(=O)O)S(=O)(=O)c1ccc(Oc2cccc(C(F)(F)F)c2)c(Br)c1. The summed E-state index contributed by atoms with van der Waals surface area (Å²) in [6.07, 6.45) is -6.19. The van der Waals surface area contributed by atoms with E-state index in [0.29, 0.717) is 0 Å².